The average Bonchev–Trinajstić information content (AvgIpc) is 2.90. The Labute approximate surface area is 168 Å². The molecule has 0 aromatic heterocycles. The largest absolute Gasteiger partial charge is 0.490 e. The van der Waals surface area contributed by atoms with Crippen LogP contribution in [0.2, 0.25) is 5.02 Å². The molecular formula is C20H19ClO3S2. The predicted octanol–water partition coefficient (Wildman–Crippen LogP) is 5.05. The van der Waals surface area contributed by atoms with Crippen LogP contribution in [0.1, 0.15) is 17.5 Å². The number of hydrogen-bond acceptors (Lipinski definition) is 5. The highest BCUT2D eigenvalue weighted by atomic mass is 35.5. The van der Waals surface area contributed by atoms with Gasteiger partial charge in [0.2, 0.25) is 0 Å². The number of rotatable bonds is 7. The summed E-state index contributed by atoms with van der Waals surface area (Å²) in [5, 5.41) is 0.480. The normalized spacial score (nSPS) is 16.8. The van der Waals surface area contributed by atoms with E-state index in [4.69, 9.17) is 33.3 Å². The molecular weight excluding hydrogens is 388 g/mol. The van der Waals surface area contributed by atoms with Crippen molar-refractivity contribution in [1.29, 1.82) is 0 Å². The van der Waals surface area contributed by atoms with E-state index in [1.165, 1.54) is 11.8 Å². The maximum absolute atomic E-state index is 12.0. The predicted molar refractivity (Wildman–Crippen MR) is 111 cm³/mol. The molecule has 3 rings (SSSR count). The van der Waals surface area contributed by atoms with Gasteiger partial charge in [-0.1, -0.05) is 36.0 Å². The van der Waals surface area contributed by atoms with Crippen molar-refractivity contribution in [1.82, 2.24) is 0 Å². The summed E-state index contributed by atoms with van der Waals surface area (Å²) in [7, 11) is 0. The third-order valence-corrected chi connectivity index (χ3v) is 5.77. The molecule has 0 N–H and O–H groups in total. The second-order valence-corrected chi connectivity index (χ2v) is 8.58. The fourth-order valence-corrected chi connectivity index (χ4v) is 4.45. The fraction of sp³-hybridized carbons (Fsp3) is 0.300. The Balaban J connectivity index is 1.59. The Hall–Kier alpha value is -1.56. The highest BCUT2D eigenvalue weighted by molar-refractivity contribution is 8.24. The number of hydrogen-bond donors (Lipinski definition) is 0. The summed E-state index contributed by atoms with van der Waals surface area (Å²) < 4.78 is 12.3. The lowest BCUT2D eigenvalue weighted by Crippen LogP contribution is -2.15. The third kappa shape index (κ3) is 5.22. The van der Waals surface area contributed by atoms with Crippen molar-refractivity contribution in [3.05, 3.63) is 58.6 Å². The van der Waals surface area contributed by atoms with Gasteiger partial charge in [0.25, 0.3) is 0 Å². The summed E-state index contributed by atoms with van der Waals surface area (Å²) in [4.78, 5) is 12.0. The molecule has 0 aliphatic carbocycles. The van der Waals surface area contributed by atoms with Crippen LogP contribution in [0.4, 0.5) is 0 Å². The van der Waals surface area contributed by atoms with Gasteiger partial charge in [0.1, 0.15) is 24.7 Å². The fourth-order valence-electron chi connectivity index (χ4n) is 2.74. The molecule has 26 heavy (non-hydrogen) atoms. The van der Waals surface area contributed by atoms with Crippen LogP contribution in [-0.2, 0) is 11.2 Å². The number of thioether (sulfide) groups is 1. The minimum atomic E-state index is -0.146. The zero-order valence-corrected chi connectivity index (χ0v) is 16.8. The Morgan fingerprint density at radius 2 is 2.00 bits per heavy atom. The highest BCUT2D eigenvalue weighted by Crippen LogP contribution is 2.33. The zero-order chi connectivity index (χ0) is 18.5. The number of ketones is 1. The van der Waals surface area contributed by atoms with Gasteiger partial charge in [-0.05, 0) is 54.8 Å². The molecule has 0 bridgehead atoms. The van der Waals surface area contributed by atoms with E-state index in [2.05, 4.69) is 0 Å². The second kappa shape index (κ2) is 8.89. The molecule has 0 amide bonds. The molecule has 1 atom stereocenters. The number of carbonyl (C=O) groups excluding carboxylic acids is 1. The summed E-state index contributed by atoms with van der Waals surface area (Å²) >= 11 is 12.8. The summed E-state index contributed by atoms with van der Waals surface area (Å²) in [5.41, 5.74) is 2.07. The van der Waals surface area contributed by atoms with Crippen molar-refractivity contribution in [3.63, 3.8) is 0 Å². The molecule has 6 heteroatoms. The molecule has 1 unspecified atom stereocenters. The Bertz CT molecular complexity index is 822. The monoisotopic (exact) mass is 406 g/mol. The third-order valence-electron chi connectivity index (χ3n) is 3.98. The van der Waals surface area contributed by atoms with Crippen LogP contribution < -0.4 is 9.47 Å². The lowest BCUT2D eigenvalue weighted by Gasteiger charge is -2.14. The van der Waals surface area contributed by atoms with Gasteiger partial charge in [-0.25, -0.2) is 0 Å². The van der Waals surface area contributed by atoms with Crippen molar-refractivity contribution in [2.24, 2.45) is 0 Å². The van der Waals surface area contributed by atoms with Crippen LogP contribution >= 0.6 is 35.6 Å². The van der Waals surface area contributed by atoms with E-state index in [-0.39, 0.29) is 11.0 Å². The van der Waals surface area contributed by atoms with Gasteiger partial charge < -0.3 is 9.47 Å². The van der Waals surface area contributed by atoms with Gasteiger partial charge in [0.05, 0.1) is 9.45 Å². The first-order valence-electron chi connectivity index (χ1n) is 8.34. The van der Waals surface area contributed by atoms with Crippen molar-refractivity contribution in [3.8, 4) is 11.5 Å². The van der Waals surface area contributed by atoms with Gasteiger partial charge in [-0.2, -0.15) is 0 Å². The number of halogens is 1. The lowest BCUT2D eigenvalue weighted by molar-refractivity contribution is -0.117. The van der Waals surface area contributed by atoms with Crippen LogP contribution in [0.15, 0.2) is 42.5 Å². The molecule has 1 saturated heterocycles. The second-order valence-electron chi connectivity index (χ2n) is 6.09. The van der Waals surface area contributed by atoms with Gasteiger partial charge in [0.15, 0.2) is 5.78 Å². The average molecular weight is 407 g/mol. The summed E-state index contributed by atoms with van der Waals surface area (Å²) in [6.45, 7) is 2.87. The first-order chi connectivity index (χ1) is 12.5. The van der Waals surface area contributed by atoms with Gasteiger partial charge in [-0.3, -0.25) is 4.79 Å². The number of Topliss-reactive ketones (excluding diaryl/α,β-unsaturated/α-hetero) is 1. The zero-order valence-electron chi connectivity index (χ0n) is 14.4. The molecule has 0 spiro atoms. The van der Waals surface area contributed by atoms with Crippen molar-refractivity contribution in [2.45, 2.75) is 25.0 Å². The number of carbonyl (C=O) groups is 1. The first kappa shape index (κ1) is 19.2. The van der Waals surface area contributed by atoms with E-state index < -0.39 is 0 Å². The first-order valence-corrected chi connectivity index (χ1v) is 10.0. The van der Waals surface area contributed by atoms with Gasteiger partial charge in [0, 0.05) is 11.4 Å². The van der Waals surface area contributed by atoms with E-state index >= 15 is 0 Å². The molecule has 2 aromatic carbocycles. The SMILES string of the molecule is Cc1cccc(OCCOc2ccc(Cl)cc2CC2SC(=S)CC2=O)c1. The van der Waals surface area contributed by atoms with Crippen LogP contribution in [0, 0.1) is 6.92 Å². The van der Waals surface area contributed by atoms with Gasteiger partial charge in [-0.15, -0.1) is 11.8 Å². The van der Waals surface area contributed by atoms with E-state index in [0.717, 1.165) is 26.8 Å². The van der Waals surface area contributed by atoms with Crippen LogP contribution in [0.3, 0.4) is 0 Å². The Morgan fingerprint density at radius 3 is 2.73 bits per heavy atom. The Morgan fingerprint density at radius 1 is 1.19 bits per heavy atom. The molecule has 1 aliphatic rings. The van der Waals surface area contributed by atoms with Crippen molar-refractivity contribution < 1.29 is 14.3 Å². The molecule has 1 fully saturated rings. The van der Waals surface area contributed by atoms with Crippen LogP contribution in [0.5, 0.6) is 11.5 Å². The maximum atomic E-state index is 12.0. The number of aryl methyl sites for hydroxylation is 1. The lowest BCUT2D eigenvalue weighted by atomic mass is 10.1. The molecule has 1 aliphatic heterocycles. The number of benzene rings is 2. The molecule has 1 heterocycles. The molecule has 0 saturated carbocycles. The maximum Gasteiger partial charge on any atom is 0.152 e. The molecule has 3 nitrogen and oxygen atoms in total. The topological polar surface area (TPSA) is 35.5 Å². The minimum Gasteiger partial charge on any atom is -0.490 e. The van der Waals surface area contributed by atoms with Crippen molar-refractivity contribution in [2.75, 3.05) is 13.2 Å². The Kier molecular flexibility index (Phi) is 6.57. The van der Waals surface area contributed by atoms with Crippen molar-refractivity contribution >= 4 is 45.6 Å². The summed E-state index contributed by atoms with van der Waals surface area (Å²) in [6, 6.07) is 13.4. The van der Waals surface area contributed by atoms with Gasteiger partial charge >= 0.3 is 0 Å². The van der Waals surface area contributed by atoms with E-state index in [0.29, 0.717) is 31.1 Å². The molecule has 2 aromatic rings. The van der Waals surface area contributed by atoms with Crippen LogP contribution in [0.25, 0.3) is 0 Å². The number of thiocarbonyl (C=S) groups is 1. The minimum absolute atomic E-state index is 0.146. The number of ether oxygens (including phenoxy) is 2. The van der Waals surface area contributed by atoms with E-state index in [9.17, 15) is 4.79 Å². The molecule has 136 valence electrons. The standard InChI is InChI=1S/C20H19ClO3S2/c1-13-3-2-4-16(9-13)23-7-8-24-18-6-5-15(21)10-14(18)11-19-17(22)12-20(25)26-19/h2-6,9-10,19H,7-8,11-12H2,1H3. The van der Waals surface area contributed by atoms with E-state index in [1.54, 1.807) is 6.07 Å². The summed E-state index contributed by atoms with van der Waals surface area (Å²) in [5.74, 6) is 1.73. The summed E-state index contributed by atoms with van der Waals surface area (Å²) in [6.07, 6.45) is 0.948. The van der Waals surface area contributed by atoms with E-state index in [1.807, 2.05) is 43.3 Å². The quantitative estimate of drug-likeness (QED) is 0.475. The molecule has 0 radical (unpaired) electrons. The highest BCUT2D eigenvalue weighted by Gasteiger charge is 2.30. The van der Waals surface area contributed by atoms with Crippen LogP contribution in [-0.4, -0.2) is 28.4 Å². The smallest absolute Gasteiger partial charge is 0.152 e.